The van der Waals surface area contributed by atoms with E-state index in [1.165, 1.54) is 35.3 Å². The van der Waals surface area contributed by atoms with Gasteiger partial charge < -0.3 is 23.8 Å². The summed E-state index contributed by atoms with van der Waals surface area (Å²) < 4.78 is 28.8. The first-order valence-corrected chi connectivity index (χ1v) is 22.4. The number of nitrogens with zero attached hydrogens (tertiary/aromatic N) is 3. The average molecular weight is 897 g/mol. The van der Waals surface area contributed by atoms with Crippen LogP contribution in [0.2, 0.25) is 0 Å². The molecule has 4 amide bonds. The van der Waals surface area contributed by atoms with Crippen LogP contribution in [0.3, 0.4) is 0 Å². The number of fused-ring (bicyclic) bond motifs is 6. The van der Waals surface area contributed by atoms with Gasteiger partial charge in [-0.1, -0.05) is 66.7 Å². The molecule has 0 spiro atoms. The van der Waals surface area contributed by atoms with Gasteiger partial charge in [-0.2, -0.15) is 0 Å². The van der Waals surface area contributed by atoms with E-state index in [0.717, 1.165) is 32.5 Å². The van der Waals surface area contributed by atoms with Crippen molar-refractivity contribution in [2.75, 3.05) is 61.0 Å². The third kappa shape index (κ3) is 8.92. The van der Waals surface area contributed by atoms with Crippen LogP contribution in [0, 0.1) is 0 Å². The SMILES string of the molecule is O=C1C=CC(=O)N1CCOCCOc1cc(/C=C\C(=O)N2C[C@@H](CCl)c3c2cc(OP(=O)(O)O)c2ccccc32)ccc1/C=C/C(=O)N1C[C@@H](CCl)c2c1ccc1ccccc21. The maximum atomic E-state index is 13.9. The van der Waals surface area contributed by atoms with E-state index in [1.807, 2.05) is 36.4 Å². The van der Waals surface area contributed by atoms with Gasteiger partial charge in [0, 0.05) is 83.7 Å². The van der Waals surface area contributed by atoms with Gasteiger partial charge in [-0.3, -0.25) is 33.9 Å². The molecule has 16 heteroatoms. The van der Waals surface area contributed by atoms with E-state index in [2.05, 4.69) is 0 Å². The number of amides is 4. The molecule has 2 N–H and O–H groups in total. The van der Waals surface area contributed by atoms with Gasteiger partial charge in [0.2, 0.25) is 0 Å². The highest BCUT2D eigenvalue weighted by Gasteiger charge is 2.35. The molecule has 3 heterocycles. The van der Waals surface area contributed by atoms with E-state index in [-0.39, 0.29) is 62.3 Å². The van der Waals surface area contributed by atoms with E-state index in [9.17, 15) is 33.5 Å². The van der Waals surface area contributed by atoms with E-state index < -0.39 is 25.5 Å². The number of rotatable bonds is 15. The van der Waals surface area contributed by atoms with Crippen LogP contribution in [0.15, 0.2) is 109 Å². The number of anilines is 2. The lowest BCUT2D eigenvalue weighted by atomic mass is 9.95. The minimum absolute atomic E-state index is 0.0370. The molecular formula is C46H40Cl2N3O10P. The number of hydrogen-bond acceptors (Lipinski definition) is 8. The van der Waals surface area contributed by atoms with Gasteiger partial charge >= 0.3 is 7.82 Å². The molecule has 0 unspecified atom stereocenters. The Bertz CT molecular complexity index is 2730. The van der Waals surface area contributed by atoms with Crippen molar-refractivity contribution in [3.05, 3.63) is 131 Å². The van der Waals surface area contributed by atoms with Crippen LogP contribution in [-0.2, 0) is 28.5 Å². The van der Waals surface area contributed by atoms with Crippen molar-refractivity contribution in [1.82, 2.24) is 4.90 Å². The fourth-order valence-corrected chi connectivity index (χ4v) is 9.10. The van der Waals surface area contributed by atoms with Crippen LogP contribution in [0.1, 0.15) is 34.1 Å². The van der Waals surface area contributed by atoms with Crippen molar-refractivity contribution < 1.29 is 47.5 Å². The van der Waals surface area contributed by atoms with Crippen LogP contribution in [0.4, 0.5) is 11.4 Å². The van der Waals surface area contributed by atoms with Crippen LogP contribution < -0.4 is 19.1 Å². The van der Waals surface area contributed by atoms with Crippen LogP contribution in [-0.4, -0.2) is 89.5 Å². The Morgan fingerprint density at radius 2 is 1.34 bits per heavy atom. The van der Waals surface area contributed by atoms with Crippen molar-refractivity contribution in [2.45, 2.75) is 11.8 Å². The summed E-state index contributed by atoms with van der Waals surface area (Å²) >= 11 is 12.8. The Morgan fingerprint density at radius 1 is 0.710 bits per heavy atom. The van der Waals surface area contributed by atoms with E-state index in [0.29, 0.717) is 45.8 Å². The molecule has 0 bridgehead atoms. The average Bonchev–Trinajstić information content (AvgIpc) is 3.95. The standard InChI is InChI=1S/C46H40Cl2N3O10P/c47-25-32-27-50(37-14-12-30-5-1-2-6-34(30)45(32)37)44(55)16-13-31-11-9-29(23-39(31)60-22-21-59-20-19-49-41(52)17-18-42(49)53)10-15-43(54)51-28-33(26-48)46-36-8-4-3-7-35(36)40(24-38(46)51)61-62(56,57)58/h1-18,23-24,32-33H,19-22,25-28H2,(H2,56,57,58)/b15-10-,16-13+/t32-,33-/m1/s1. The maximum Gasteiger partial charge on any atom is 0.524 e. The Balaban J connectivity index is 1.03. The molecule has 0 saturated heterocycles. The number of alkyl halides is 2. The molecule has 318 valence electrons. The number of imide groups is 1. The Morgan fingerprint density at radius 3 is 2.03 bits per heavy atom. The summed E-state index contributed by atoms with van der Waals surface area (Å²) in [6.07, 6.45) is 8.57. The first-order chi connectivity index (χ1) is 29.9. The topological polar surface area (TPSA) is 163 Å². The predicted molar refractivity (Wildman–Crippen MR) is 239 cm³/mol. The molecule has 0 aromatic heterocycles. The Hall–Kier alpha value is -5.79. The van der Waals surface area contributed by atoms with Crippen molar-refractivity contribution >= 4 is 99.7 Å². The molecule has 3 aliphatic rings. The number of ether oxygens (including phenoxy) is 2. The van der Waals surface area contributed by atoms with E-state index in [4.69, 9.17) is 37.2 Å². The van der Waals surface area contributed by atoms with E-state index >= 15 is 0 Å². The maximum absolute atomic E-state index is 13.9. The van der Waals surface area contributed by atoms with Gasteiger partial charge in [-0.15, -0.1) is 23.2 Å². The zero-order valence-electron chi connectivity index (χ0n) is 33.1. The third-order valence-corrected chi connectivity index (χ3v) is 12.2. The van der Waals surface area contributed by atoms with Crippen molar-refractivity contribution in [3.8, 4) is 11.5 Å². The number of halogens is 2. The molecule has 3 aliphatic heterocycles. The number of phosphoric acid groups is 1. The van der Waals surface area contributed by atoms with Crippen LogP contribution >= 0.6 is 31.0 Å². The number of carbonyl (C=O) groups is 4. The first-order valence-electron chi connectivity index (χ1n) is 19.8. The van der Waals surface area contributed by atoms with Gasteiger partial charge in [0.1, 0.15) is 18.1 Å². The fourth-order valence-electron chi connectivity index (χ4n) is 8.19. The van der Waals surface area contributed by atoms with Crippen molar-refractivity contribution in [3.63, 3.8) is 0 Å². The quantitative estimate of drug-likeness (QED) is 0.0353. The van der Waals surface area contributed by atoms with Gasteiger partial charge in [-0.25, -0.2) is 4.57 Å². The summed E-state index contributed by atoms with van der Waals surface area (Å²) in [5.41, 5.74) is 4.24. The number of carbonyl (C=O) groups excluding carboxylic acids is 4. The summed E-state index contributed by atoms with van der Waals surface area (Å²) in [7, 11) is -4.93. The van der Waals surface area contributed by atoms with Gasteiger partial charge in [0.25, 0.3) is 23.6 Å². The number of benzene rings is 5. The lowest BCUT2D eigenvalue weighted by Crippen LogP contribution is -2.33. The van der Waals surface area contributed by atoms with Crippen LogP contribution in [0.5, 0.6) is 11.5 Å². The molecular weight excluding hydrogens is 856 g/mol. The lowest BCUT2D eigenvalue weighted by molar-refractivity contribution is -0.137. The number of hydrogen-bond donors (Lipinski definition) is 2. The van der Waals surface area contributed by atoms with Crippen molar-refractivity contribution in [2.24, 2.45) is 0 Å². The smallest absolute Gasteiger partial charge is 0.491 e. The molecule has 0 saturated carbocycles. The second-order valence-corrected chi connectivity index (χ2v) is 16.6. The zero-order chi connectivity index (χ0) is 43.5. The van der Waals surface area contributed by atoms with Crippen LogP contribution in [0.25, 0.3) is 33.7 Å². The second kappa shape index (κ2) is 18.3. The Kier molecular flexibility index (Phi) is 12.6. The van der Waals surface area contributed by atoms with Gasteiger partial charge in [-0.05, 0) is 57.1 Å². The molecule has 5 aromatic rings. The summed E-state index contributed by atoms with van der Waals surface area (Å²) in [4.78, 5) is 75.1. The molecule has 8 rings (SSSR count). The summed E-state index contributed by atoms with van der Waals surface area (Å²) in [6.45, 7) is 1.08. The largest absolute Gasteiger partial charge is 0.524 e. The fraction of sp³-hybridized carbons (Fsp3) is 0.217. The van der Waals surface area contributed by atoms with Gasteiger partial charge in [0.15, 0.2) is 0 Å². The second-order valence-electron chi connectivity index (χ2n) is 14.8. The Labute approximate surface area is 366 Å². The molecule has 0 aliphatic carbocycles. The minimum Gasteiger partial charge on any atom is -0.491 e. The first kappa shape index (κ1) is 42.9. The summed E-state index contributed by atoms with van der Waals surface area (Å²) in [5.74, 6) is -0.828. The van der Waals surface area contributed by atoms with Crippen molar-refractivity contribution in [1.29, 1.82) is 0 Å². The molecule has 0 radical (unpaired) electrons. The molecule has 2 atom stereocenters. The normalized spacial score (nSPS) is 17.3. The summed E-state index contributed by atoms with van der Waals surface area (Å²) in [6, 6.07) is 25.7. The minimum atomic E-state index is -4.93. The number of phosphoric ester groups is 1. The zero-order valence-corrected chi connectivity index (χ0v) is 35.5. The molecule has 62 heavy (non-hydrogen) atoms. The highest BCUT2D eigenvalue weighted by Crippen LogP contribution is 2.49. The van der Waals surface area contributed by atoms with E-state index in [1.54, 1.807) is 59.5 Å². The third-order valence-electron chi connectivity index (χ3n) is 11.0. The van der Waals surface area contributed by atoms with Gasteiger partial charge in [0.05, 0.1) is 25.4 Å². The summed E-state index contributed by atoms with van der Waals surface area (Å²) in [5, 5.41) is 3.28. The molecule has 13 nitrogen and oxygen atoms in total. The highest BCUT2D eigenvalue weighted by molar-refractivity contribution is 7.46. The molecule has 0 fully saturated rings. The molecule has 5 aromatic carbocycles. The monoisotopic (exact) mass is 895 g/mol. The predicted octanol–water partition coefficient (Wildman–Crippen LogP) is 7.55. The lowest BCUT2D eigenvalue weighted by Gasteiger charge is -2.18. The highest BCUT2D eigenvalue weighted by atomic mass is 35.5.